The molecule has 0 aromatic carbocycles. The SMILES string of the molecule is NC(=O)CN(C(=O)[C@@H]1CCCN1)C1CCCC1. The Morgan fingerprint density at radius 2 is 1.88 bits per heavy atom. The highest BCUT2D eigenvalue weighted by Crippen LogP contribution is 2.24. The molecule has 1 aliphatic carbocycles. The van der Waals surface area contributed by atoms with Gasteiger partial charge in [-0.2, -0.15) is 0 Å². The maximum absolute atomic E-state index is 12.3. The van der Waals surface area contributed by atoms with Crippen LogP contribution in [0.25, 0.3) is 0 Å². The number of hydrogen-bond acceptors (Lipinski definition) is 3. The third-order valence-corrected chi connectivity index (χ3v) is 3.73. The molecule has 2 amide bonds. The fourth-order valence-corrected chi connectivity index (χ4v) is 2.87. The maximum atomic E-state index is 12.3. The first-order valence-electron chi connectivity index (χ1n) is 6.50. The predicted octanol–water partition coefficient (Wildman–Crippen LogP) is -0.00510. The molecule has 1 atom stereocenters. The summed E-state index contributed by atoms with van der Waals surface area (Å²) < 4.78 is 0. The van der Waals surface area contributed by atoms with Crippen molar-refractivity contribution in [1.29, 1.82) is 0 Å². The van der Waals surface area contributed by atoms with Crippen LogP contribution < -0.4 is 11.1 Å². The molecular formula is C12H21N3O2. The van der Waals surface area contributed by atoms with Crippen molar-refractivity contribution in [2.24, 2.45) is 5.73 Å². The Kier molecular flexibility index (Phi) is 3.99. The molecule has 0 aromatic heterocycles. The summed E-state index contributed by atoms with van der Waals surface area (Å²) in [5, 5.41) is 3.19. The molecule has 17 heavy (non-hydrogen) atoms. The first-order chi connectivity index (χ1) is 8.18. The zero-order chi connectivity index (χ0) is 12.3. The lowest BCUT2D eigenvalue weighted by molar-refractivity contribution is -0.139. The fraction of sp³-hybridized carbons (Fsp3) is 0.833. The molecule has 0 spiro atoms. The minimum absolute atomic E-state index is 0.0631. The van der Waals surface area contributed by atoms with Crippen LogP contribution in [-0.2, 0) is 9.59 Å². The van der Waals surface area contributed by atoms with Gasteiger partial charge >= 0.3 is 0 Å². The topological polar surface area (TPSA) is 75.4 Å². The van der Waals surface area contributed by atoms with Gasteiger partial charge in [-0.25, -0.2) is 0 Å². The van der Waals surface area contributed by atoms with Crippen LogP contribution >= 0.6 is 0 Å². The van der Waals surface area contributed by atoms with Crippen LogP contribution in [-0.4, -0.2) is 41.9 Å². The summed E-state index contributed by atoms with van der Waals surface area (Å²) in [7, 11) is 0. The number of hydrogen-bond donors (Lipinski definition) is 2. The van der Waals surface area contributed by atoms with Crippen LogP contribution in [0.3, 0.4) is 0 Å². The Bertz CT molecular complexity index is 294. The lowest BCUT2D eigenvalue weighted by atomic mass is 10.1. The summed E-state index contributed by atoms with van der Waals surface area (Å²) in [6.45, 7) is 0.965. The lowest BCUT2D eigenvalue weighted by Gasteiger charge is -2.30. The maximum Gasteiger partial charge on any atom is 0.240 e. The van der Waals surface area contributed by atoms with Crippen molar-refractivity contribution in [2.45, 2.75) is 50.6 Å². The van der Waals surface area contributed by atoms with E-state index in [1.54, 1.807) is 4.90 Å². The second-order valence-corrected chi connectivity index (χ2v) is 5.02. The van der Waals surface area contributed by atoms with Gasteiger partial charge in [-0.05, 0) is 32.2 Å². The minimum atomic E-state index is -0.414. The Labute approximate surface area is 102 Å². The van der Waals surface area contributed by atoms with E-state index in [0.29, 0.717) is 0 Å². The van der Waals surface area contributed by atoms with Gasteiger partial charge in [0.15, 0.2) is 0 Å². The monoisotopic (exact) mass is 239 g/mol. The molecule has 0 bridgehead atoms. The first-order valence-corrected chi connectivity index (χ1v) is 6.50. The molecule has 5 nitrogen and oxygen atoms in total. The van der Waals surface area contributed by atoms with Crippen molar-refractivity contribution in [3.05, 3.63) is 0 Å². The quantitative estimate of drug-likeness (QED) is 0.725. The van der Waals surface area contributed by atoms with Crippen molar-refractivity contribution in [1.82, 2.24) is 10.2 Å². The summed E-state index contributed by atoms with van der Waals surface area (Å²) in [5.41, 5.74) is 5.24. The van der Waals surface area contributed by atoms with E-state index < -0.39 is 5.91 Å². The van der Waals surface area contributed by atoms with Gasteiger partial charge < -0.3 is 16.0 Å². The van der Waals surface area contributed by atoms with Gasteiger partial charge in [0.2, 0.25) is 11.8 Å². The number of carbonyl (C=O) groups excluding carboxylic acids is 2. The molecule has 2 aliphatic rings. The van der Waals surface area contributed by atoms with Crippen molar-refractivity contribution in [3.63, 3.8) is 0 Å². The molecule has 3 N–H and O–H groups in total. The minimum Gasteiger partial charge on any atom is -0.368 e. The van der Waals surface area contributed by atoms with Crippen LogP contribution in [0.5, 0.6) is 0 Å². The van der Waals surface area contributed by atoms with Gasteiger partial charge in [-0.1, -0.05) is 12.8 Å². The first kappa shape index (κ1) is 12.4. The summed E-state index contributed by atoms with van der Waals surface area (Å²) in [5.74, 6) is -0.351. The second-order valence-electron chi connectivity index (χ2n) is 5.02. The number of rotatable bonds is 4. The summed E-state index contributed by atoms with van der Waals surface area (Å²) in [6.07, 6.45) is 6.21. The van der Waals surface area contributed by atoms with Crippen LogP contribution in [0.2, 0.25) is 0 Å². The Balaban J connectivity index is 2.02. The fourth-order valence-electron chi connectivity index (χ4n) is 2.87. The normalized spacial score (nSPS) is 25.1. The van der Waals surface area contributed by atoms with Crippen molar-refractivity contribution >= 4 is 11.8 Å². The van der Waals surface area contributed by atoms with Crippen molar-refractivity contribution < 1.29 is 9.59 Å². The highest BCUT2D eigenvalue weighted by Gasteiger charge is 2.33. The number of nitrogens with two attached hydrogens (primary N) is 1. The van der Waals surface area contributed by atoms with Gasteiger partial charge in [0, 0.05) is 6.04 Å². The number of nitrogens with zero attached hydrogens (tertiary/aromatic N) is 1. The van der Waals surface area contributed by atoms with E-state index >= 15 is 0 Å². The molecule has 2 fully saturated rings. The van der Waals surface area contributed by atoms with Crippen molar-refractivity contribution in [2.75, 3.05) is 13.1 Å². The summed E-state index contributed by atoms with van der Waals surface area (Å²) in [4.78, 5) is 25.1. The molecule has 2 rings (SSSR count). The van der Waals surface area contributed by atoms with E-state index in [-0.39, 0.29) is 24.5 Å². The smallest absolute Gasteiger partial charge is 0.240 e. The van der Waals surface area contributed by atoms with Crippen LogP contribution in [0.1, 0.15) is 38.5 Å². The highest BCUT2D eigenvalue weighted by atomic mass is 16.2. The molecule has 0 radical (unpaired) electrons. The second kappa shape index (κ2) is 5.49. The molecular weight excluding hydrogens is 218 g/mol. The van der Waals surface area contributed by atoms with Gasteiger partial charge in [0.1, 0.15) is 0 Å². The van der Waals surface area contributed by atoms with E-state index in [1.165, 1.54) is 0 Å². The number of primary amides is 1. The average molecular weight is 239 g/mol. The highest BCUT2D eigenvalue weighted by molar-refractivity contribution is 5.87. The molecule has 1 heterocycles. The molecule has 0 unspecified atom stereocenters. The average Bonchev–Trinajstić information content (AvgIpc) is 2.96. The Morgan fingerprint density at radius 3 is 2.41 bits per heavy atom. The third kappa shape index (κ3) is 2.97. The third-order valence-electron chi connectivity index (χ3n) is 3.73. The molecule has 0 aromatic rings. The van der Waals surface area contributed by atoms with E-state index in [2.05, 4.69) is 5.32 Å². The van der Waals surface area contributed by atoms with Crippen LogP contribution in [0.4, 0.5) is 0 Å². The Hall–Kier alpha value is -1.10. The lowest BCUT2D eigenvalue weighted by Crippen LogP contribution is -2.50. The van der Waals surface area contributed by atoms with Gasteiger partial charge in [-0.3, -0.25) is 9.59 Å². The number of carbonyl (C=O) groups is 2. The Morgan fingerprint density at radius 1 is 1.18 bits per heavy atom. The zero-order valence-electron chi connectivity index (χ0n) is 10.2. The molecule has 96 valence electrons. The van der Waals surface area contributed by atoms with E-state index in [1.807, 2.05) is 0 Å². The van der Waals surface area contributed by atoms with E-state index in [9.17, 15) is 9.59 Å². The molecule has 1 saturated heterocycles. The number of nitrogens with one attached hydrogen (secondary N) is 1. The zero-order valence-corrected chi connectivity index (χ0v) is 10.2. The van der Waals surface area contributed by atoms with Crippen LogP contribution in [0, 0.1) is 0 Å². The largest absolute Gasteiger partial charge is 0.368 e. The van der Waals surface area contributed by atoms with E-state index in [4.69, 9.17) is 5.73 Å². The standard InChI is InChI=1S/C12H21N3O2/c13-11(16)8-15(9-4-1-2-5-9)12(17)10-6-3-7-14-10/h9-10,14H,1-8H2,(H2,13,16)/t10-/m0/s1. The predicted molar refractivity (Wildman–Crippen MR) is 64.2 cm³/mol. The molecule has 1 saturated carbocycles. The van der Waals surface area contributed by atoms with Crippen molar-refractivity contribution in [3.8, 4) is 0 Å². The van der Waals surface area contributed by atoms with Gasteiger partial charge in [0.25, 0.3) is 0 Å². The summed E-state index contributed by atoms with van der Waals surface area (Å²) >= 11 is 0. The van der Waals surface area contributed by atoms with E-state index in [0.717, 1.165) is 45.1 Å². The summed E-state index contributed by atoms with van der Waals surface area (Å²) in [6, 6.07) is 0.118. The molecule has 5 heteroatoms. The molecule has 1 aliphatic heterocycles. The van der Waals surface area contributed by atoms with Crippen LogP contribution in [0.15, 0.2) is 0 Å². The number of amides is 2. The van der Waals surface area contributed by atoms with Gasteiger partial charge in [0.05, 0.1) is 12.6 Å². The van der Waals surface area contributed by atoms with Gasteiger partial charge in [-0.15, -0.1) is 0 Å².